The Morgan fingerprint density at radius 3 is 2.35 bits per heavy atom. The third kappa shape index (κ3) is 5.41. The van der Waals surface area contributed by atoms with Crippen molar-refractivity contribution in [2.24, 2.45) is 0 Å². The van der Waals surface area contributed by atoms with Gasteiger partial charge in [-0.05, 0) is 37.6 Å². The number of hydrogen-bond donors (Lipinski definition) is 1. The van der Waals surface area contributed by atoms with E-state index < -0.39 is 28.1 Å². The first-order valence-electron chi connectivity index (χ1n) is 10.7. The first-order valence-corrected chi connectivity index (χ1v) is 12.1. The van der Waals surface area contributed by atoms with Crippen molar-refractivity contribution in [2.75, 3.05) is 14.1 Å². The van der Waals surface area contributed by atoms with E-state index in [0.29, 0.717) is 23.4 Å². The lowest BCUT2D eigenvalue weighted by atomic mass is 10.0. The maximum absolute atomic E-state index is 13.6. The molecule has 0 radical (unpaired) electrons. The second-order valence-corrected chi connectivity index (χ2v) is 10.3. The summed E-state index contributed by atoms with van der Waals surface area (Å²) in [6, 6.07) is 8.30. The van der Waals surface area contributed by atoms with E-state index in [9.17, 15) is 26.4 Å². The van der Waals surface area contributed by atoms with Gasteiger partial charge in [0.25, 0.3) is 0 Å². The van der Waals surface area contributed by atoms with E-state index >= 15 is 0 Å². The van der Waals surface area contributed by atoms with Gasteiger partial charge in [0.05, 0.1) is 15.9 Å². The smallest absolute Gasteiger partial charge is 0.341 e. The largest absolute Gasteiger partial charge is 0.412 e. The second kappa shape index (κ2) is 9.75. The maximum Gasteiger partial charge on any atom is 0.412 e. The summed E-state index contributed by atoms with van der Waals surface area (Å²) in [5, 5.41) is 2.09. The van der Waals surface area contributed by atoms with Crippen molar-refractivity contribution in [1.82, 2.24) is 19.2 Å². The molecule has 11 heteroatoms. The zero-order valence-electron chi connectivity index (χ0n) is 19.3. The Labute approximate surface area is 196 Å². The van der Waals surface area contributed by atoms with Gasteiger partial charge in [0.15, 0.2) is 6.04 Å². The number of rotatable bonds is 8. The molecule has 0 bridgehead atoms. The van der Waals surface area contributed by atoms with Gasteiger partial charge in [-0.2, -0.15) is 13.2 Å². The van der Waals surface area contributed by atoms with E-state index in [2.05, 4.69) is 10.3 Å². The van der Waals surface area contributed by atoms with Gasteiger partial charge in [-0.3, -0.25) is 4.79 Å². The van der Waals surface area contributed by atoms with E-state index in [1.165, 1.54) is 38.4 Å². The van der Waals surface area contributed by atoms with Gasteiger partial charge in [-0.25, -0.2) is 17.7 Å². The number of carbonyl (C=O) groups is 1. The summed E-state index contributed by atoms with van der Waals surface area (Å²) in [5.41, 5.74) is 1.90. The SMILES string of the molecule is CCn1c(CCC(=O)NC(c2ccc(C)cc2)C(F)(F)F)nc2cc(S(=O)(=O)N(C)C)ccc21. The highest BCUT2D eigenvalue weighted by Crippen LogP contribution is 2.33. The van der Waals surface area contributed by atoms with Crippen LogP contribution in [0.3, 0.4) is 0 Å². The van der Waals surface area contributed by atoms with Crippen LogP contribution < -0.4 is 5.32 Å². The highest BCUT2D eigenvalue weighted by molar-refractivity contribution is 7.89. The predicted octanol–water partition coefficient (Wildman–Crippen LogP) is 3.97. The topological polar surface area (TPSA) is 84.3 Å². The van der Waals surface area contributed by atoms with Crippen molar-refractivity contribution < 1.29 is 26.4 Å². The number of hydrogen-bond acceptors (Lipinski definition) is 4. The number of alkyl halides is 3. The van der Waals surface area contributed by atoms with Crippen molar-refractivity contribution in [2.45, 2.75) is 50.3 Å². The van der Waals surface area contributed by atoms with Crippen LogP contribution in [0.5, 0.6) is 0 Å². The molecule has 1 N–H and O–H groups in total. The maximum atomic E-state index is 13.6. The van der Waals surface area contributed by atoms with Gasteiger partial charge in [0.1, 0.15) is 5.82 Å². The lowest BCUT2D eigenvalue weighted by Crippen LogP contribution is -2.38. The first-order chi connectivity index (χ1) is 15.8. The number of nitrogens with one attached hydrogen (secondary N) is 1. The van der Waals surface area contributed by atoms with Crippen LogP contribution in [0.15, 0.2) is 47.4 Å². The summed E-state index contributed by atoms with van der Waals surface area (Å²) in [5.74, 6) is -0.264. The fourth-order valence-electron chi connectivity index (χ4n) is 3.65. The number of nitrogens with zero attached hydrogens (tertiary/aromatic N) is 3. The van der Waals surface area contributed by atoms with Gasteiger partial charge in [-0.1, -0.05) is 29.8 Å². The first kappa shape index (κ1) is 25.7. The van der Waals surface area contributed by atoms with Crippen LogP contribution in [-0.2, 0) is 27.8 Å². The molecule has 1 unspecified atom stereocenters. The summed E-state index contributed by atoms with van der Waals surface area (Å²) >= 11 is 0. The number of halogens is 3. The standard InChI is InChI=1S/C23H27F3N4O3S/c1-5-30-19-11-10-17(34(32,33)29(3)4)14-18(19)27-20(30)12-13-21(31)28-22(23(24,25)26)16-8-6-15(2)7-9-16/h6-11,14,22H,5,12-13H2,1-4H3,(H,28,31). The Morgan fingerprint density at radius 2 is 1.79 bits per heavy atom. The number of fused-ring (bicyclic) bond motifs is 1. The number of benzene rings is 2. The molecule has 0 fully saturated rings. The molecule has 0 aliphatic carbocycles. The molecule has 1 heterocycles. The van der Waals surface area contributed by atoms with Crippen LogP contribution >= 0.6 is 0 Å². The number of amides is 1. The Balaban J connectivity index is 1.80. The molecule has 3 aromatic rings. The van der Waals surface area contributed by atoms with Gasteiger partial charge >= 0.3 is 6.18 Å². The van der Waals surface area contributed by atoms with Crippen LogP contribution in [-0.4, -0.2) is 48.5 Å². The molecule has 2 aromatic carbocycles. The molecule has 0 saturated heterocycles. The Bertz CT molecular complexity index is 1280. The monoisotopic (exact) mass is 496 g/mol. The highest BCUT2D eigenvalue weighted by atomic mass is 32.2. The summed E-state index contributed by atoms with van der Waals surface area (Å²) in [6.07, 6.45) is -4.75. The fourth-order valence-corrected chi connectivity index (χ4v) is 4.57. The Kier molecular flexibility index (Phi) is 7.37. The van der Waals surface area contributed by atoms with E-state index in [0.717, 1.165) is 9.87 Å². The van der Waals surface area contributed by atoms with Gasteiger partial charge in [0, 0.05) is 33.5 Å². The van der Waals surface area contributed by atoms with E-state index in [1.807, 2.05) is 11.5 Å². The highest BCUT2D eigenvalue weighted by Gasteiger charge is 2.41. The lowest BCUT2D eigenvalue weighted by Gasteiger charge is -2.22. The molecule has 184 valence electrons. The fraction of sp³-hybridized carbons (Fsp3) is 0.391. The molecule has 1 atom stereocenters. The predicted molar refractivity (Wildman–Crippen MR) is 123 cm³/mol. The molecular formula is C23H27F3N4O3S. The summed E-state index contributed by atoms with van der Waals surface area (Å²) in [6.45, 7) is 4.14. The number of aromatic nitrogens is 2. The van der Waals surface area contributed by atoms with Crippen LogP contribution in [0, 0.1) is 6.92 Å². The third-order valence-electron chi connectivity index (χ3n) is 5.51. The van der Waals surface area contributed by atoms with Crippen LogP contribution in [0.25, 0.3) is 11.0 Å². The average Bonchev–Trinajstić information content (AvgIpc) is 3.12. The summed E-state index contributed by atoms with van der Waals surface area (Å²) in [7, 11) is -0.788. The molecule has 7 nitrogen and oxygen atoms in total. The zero-order chi connectivity index (χ0) is 25.3. The minimum atomic E-state index is -4.64. The minimum absolute atomic E-state index is 0.0399. The molecule has 1 amide bonds. The van der Waals surface area contributed by atoms with Crippen molar-refractivity contribution in [3.63, 3.8) is 0 Å². The van der Waals surface area contributed by atoms with Gasteiger partial charge < -0.3 is 9.88 Å². The third-order valence-corrected chi connectivity index (χ3v) is 7.32. The van der Waals surface area contributed by atoms with E-state index in [4.69, 9.17) is 0 Å². The van der Waals surface area contributed by atoms with Gasteiger partial charge in [0.2, 0.25) is 15.9 Å². The second-order valence-electron chi connectivity index (χ2n) is 8.16. The summed E-state index contributed by atoms with van der Waals surface area (Å²) in [4.78, 5) is 17.0. The van der Waals surface area contributed by atoms with Crippen molar-refractivity contribution in [3.05, 3.63) is 59.4 Å². The molecule has 0 aliphatic rings. The molecule has 0 saturated carbocycles. The van der Waals surface area contributed by atoms with Crippen LogP contribution in [0.4, 0.5) is 13.2 Å². The number of carbonyl (C=O) groups excluding carboxylic acids is 1. The molecule has 0 spiro atoms. The van der Waals surface area contributed by atoms with Crippen molar-refractivity contribution in [1.29, 1.82) is 0 Å². The molecule has 0 aliphatic heterocycles. The Morgan fingerprint density at radius 1 is 1.15 bits per heavy atom. The zero-order valence-corrected chi connectivity index (χ0v) is 20.2. The van der Waals surface area contributed by atoms with E-state index in [1.54, 1.807) is 25.1 Å². The van der Waals surface area contributed by atoms with Crippen molar-refractivity contribution >= 4 is 27.0 Å². The normalized spacial score (nSPS) is 13.4. The summed E-state index contributed by atoms with van der Waals surface area (Å²) < 4.78 is 68.5. The average molecular weight is 497 g/mol. The Hall–Kier alpha value is -2.92. The number of sulfonamides is 1. The number of imidazole rings is 1. The molecule has 3 rings (SSSR count). The number of aryl methyl sites for hydroxylation is 3. The lowest BCUT2D eigenvalue weighted by molar-refractivity contribution is -0.163. The minimum Gasteiger partial charge on any atom is -0.341 e. The van der Waals surface area contributed by atoms with Gasteiger partial charge in [-0.15, -0.1) is 0 Å². The molecule has 1 aromatic heterocycles. The molecular weight excluding hydrogens is 469 g/mol. The molecule has 34 heavy (non-hydrogen) atoms. The quantitative estimate of drug-likeness (QED) is 0.512. The van der Waals surface area contributed by atoms with E-state index in [-0.39, 0.29) is 23.3 Å². The van der Waals surface area contributed by atoms with Crippen LogP contribution in [0.2, 0.25) is 0 Å². The van der Waals surface area contributed by atoms with Crippen LogP contribution in [0.1, 0.15) is 36.3 Å². The van der Waals surface area contributed by atoms with Crippen molar-refractivity contribution in [3.8, 4) is 0 Å².